The van der Waals surface area contributed by atoms with Crippen molar-refractivity contribution in [3.8, 4) is 0 Å². The van der Waals surface area contributed by atoms with Crippen LogP contribution in [0.15, 0.2) is 42.5 Å². The molecule has 1 saturated heterocycles. The first-order valence-electron chi connectivity index (χ1n) is 6.03. The predicted molar refractivity (Wildman–Crippen MR) is 68.8 cm³/mol. The molecule has 0 bridgehead atoms. The zero-order valence-electron chi connectivity index (χ0n) is 9.18. The van der Waals surface area contributed by atoms with E-state index in [9.17, 15) is 0 Å². The Kier molecular flexibility index (Phi) is 1.22. The van der Waals surface area contributed by atoms with Gasteiger partial charge in [-0.05, 0) is 38.4 Å². The average molecular weight is 218 g/mol. The molecule has 0 saturated carbocycles. The van der Waals surface area contributed by atoms with Crippen LogP contribution in [0, 0.1) is 0 Å². The molecule has 5 rings (SSSR count). The van der Waals surface area contributed by atoms with Crippen LogP contribution in [0.25, 0.3) is 27.6 Å². The fourth-order valence-electron chi connectivity index (χ4n) is 3.19. The molecule has 1 fully saturated rings. The molecule has 80 valence electrons. The lowest BCUT2D eigenvalue weighted by Gasteiger charge is -2.12. The van der Waals surface area contributed by atoms with Gasteiger partial charge in [0.25, 0.3) is 0 Å². The van der Waals surface area contributed by atoms with E-state index in [0.29, 0.717) is 12.2 Å². The lowest BCUT2D eigenvalue weighted by molar-refractivity contribution is 0.401. The first kappa shape index (κ1) is 8.26. The van der Waals surface area contributed by atoms with Crippen LogP contribution in [0.4, 0.5) is 0 Å². The molecule has 1 aliphatic carbocycles. The van der Waals surface area contributed by atoms with Crippen LogP contribution in [-0.4, -0.2) is 6.10 Å². The molecular weight excluding hydrogens is 208 g/mol. The lowest BCUT2D eigenvalue weighted by atomic mass is 9.90. The molecule has 2 atom stereocenters. The quantitative estimate of drug-likeness (QED) is 0.528. The van der Waals surface area contributed by atoms with Gasteiger partial charge in [0.05, 0.1) is 0 Å². The summed E-state index contributed by atoms with van der Waals surface area (Å²) in [4.78, 5) is 0. The van der Waals surface area contributed by atoms with Crippen LogP contribution in [0.3, 0.4) is 0 Å². The molecule has 3 aromatic carbocycles. The van der Waals surface area contributed by atoms with Crippen LogP contribution >= 0.6 is 0 Å². The molecular formula is C16H10O. The van der Waals surface area contributed by atoms with Gasteiger partial charge in [0, 0.05) is 0 Å². The maximum atomic E-state index is 5.70. The molecule has 1 nitrogen and oxygen atoms in total. The Labute approximate surface area is 98.3 Å². The number of hydrogen-bond donors (Lipinski definition) is 0. The van der Waals surface area contributed by atoms with Gasteiger partial charge in [-0.1, -0.05) is 42.5 Å². The van der Waals surface area contributed by atoms with E-state index < -0.39 is 0 Å². The maximum absolute atomic E-state index is 5.70. The second-order valence-corrected chi connectivity index (χ2v) is 4.95. The molecule has 17 heavy (non-hydrogen) atoms. The van der Waals surface area contributed by atoms with Gasteiger partial charge in [0.15, 0.2) is 0 Å². The van der Waals surface area contributed by atoms with Crippen LogP contribution in [0.1, 0.15) is 11.7 Å². The minimum absolute atomic E-state index is 0.317. The van der Waals surface area contributed by atoms with Crippen LogP contribution in [0.5, 0.6) is 0 Å². The zero-order valence-corrected chi connectivity index (χ0v) is 9.18. The van der Waals surface area contributed by atoms with Gasteiger partial charge in [-0.3, -0.25) is 0 Å². The molecule has 1 aliphatic heterocycles. The van der Waals surface area contributed by atoms with Gasteiger partial charge in [0.1, 0.15) is 12.2 Å². The van der Waals surface area contributed by atoms with E-state index in [0.717, 1.165) is 0 Å². The van der Waals surface area contributed by atoms with Crippen molar-refractivity contribution in [1.29, 1.82) is 0 Å². The van der Waals surface area contributed by atoms with E-state index in [-0.39, 0.29) is 0 Å². The molecule has 0 N–H and O–H groups in total. The molecule has 1 heteroatoms. The number of hydrogen-bond acceptors (Lipinski definition) is 1. The first-order valence-corrected chi connectivity index (χ1v) is 6.03. The van der Waals surface area contributed by atoms with Crippen LogP contribution in [-0.2, 0) is 4.74 Å². The molecule has 3 aromatic rings. The van der Waals surface area contributed by atoms with E-state index >= 15 is 0 Å². The smallest absolute Gasteiger partial charge is 0.114 e. The second-order valence-electron chi connectivity index (χ2n) is 4.95. The molecule has 0 aromatic heterocycles. The summed E-state index contributed by atoms with van der Waals surface area (Å²) >= 11 is 0. The van der Waals surface area contributed by atoms with Crippen LogP contribution < -0.4 is 5.22 Å². The number of benzene rings is 3. The molecule has 0 spiro atoms. The van der Waals surface area contributed by atoms with Crippen molar-refractivity contribution in [1.82, 2.24) is 0 Å². The SMILES string of the molecule is C1=c2ccc3cccc4ccc(c2c43)C2OC12. The fraction of sp³-hybridized carbons (Fsp3) is 0.125. The Hall–Kier alpha value is -1.86. The third-order valence-corrected chi connectivity index (χ3v) is 4.02. The third kappa shape index (κ3) is 0.899. The summed E-state index contributed by atoms with van der Waals surface area (Å²) in [6, 6.07) is 15.4. The number of epoxide rings is 1. The Morgan fingerprint density at radius 2 is 1.65 bits per heavy atom. The van der Waals surface area contributed by atoms with Gasteiger partial charge in [-0.2, -0.15) is 0 Å². The standard InChI is InChI=1S/C16H10O/c1-2-9-4-5-11-8-13-16(17-13)12-7-6-10(3-1)14(9)15(11)12/h1-8,13,16H. The summed E-state index contributed by atoms with van der Waals surface area (Å²) in [5, 5.41) is 6.79. The molecule has 2 unspecified atom stereocenters. The van der Waals surface area contributed by atoms with E-state index in [2.05, 4.69) is 48.5 Å². The van der Waals surface area contributed by atoms with Gasteiger partial charge in [-0.15, -0.1) is 0 Å². The van der Waals surface area contributed by atoms with Crippen molar-refractivity contribution in [2.75, 3.05) is 0 Å². The second kappa shape index (κ2) is 2.52. The normalized spacial score (nSPS) is 24.7. The van der Waals surface area contributed by atoms with Crippen molar-refractivity contribution in [3.63, 3.8) is 0 Å². The summed E-state index contributed by atoms with van der Waals surface area (Å²) in [7, 11) is 0. The highest BCUT2D eigenvalue weighted by Crippen LogP contribution is 2.45. The van der Waals surface area contributed by atoms with Gasteiger partial charge >= 0.3 is 0 Å². The molecule has 2 aliphatic rings. The summed E-state index contributed by atoms with van der Waals surface area (Å²) < 4.78 is 5.70. The first-order chi connectivity index (χ1) is 8.42. The number of ether oxygens (including phenoxy) is 1. The van der Waals surface area contributed by atoms with Gasteiger partial charge in [0.2, 0.25) is 0 Å². The van der Waals surface area contributed by atoms with E-state index in [4.69, 9.17) is 4.74 Å². The van der Waals surface area contributed by atoms with Crippen molar-refractivity contribution in [3.05, 3.63) is 53.2 Å². The highest BCUT2D eigenvalue weighted by molar-refractivity contribution is 6.12. The Bertz CT molecular complexity index is 816. The minimum Gasteiger partial charge on any atom is -0.360 e. The largest absolute Gasteiger partial charge is 0.360 e. The Morgan fingerprint density at radius 1 is 0.824 bits per heavy atom. The summed E-state index contributed by atoms with van der Waals surface area (Å²) in [5.41, 5.74) is 1.37. The van der Waals surface area contributed by atoms with Gasteiger partial charge in [-0.25, -0.2) is 0 Å². The molecule has 0 amide bonds. The summed E-state index contributed by atoms with van der Waals surface area (Å²) in [6.45, 7) is 0. The number of fused-ring (bicyclic) bond motifs is 2. The lowest BCUT2D eigenvalue weighted by Crippen LogP contribution is -2.10. The van der Waals surface area contributed by atoms with Gasteiger partial charge < -0.3 is 4.74 Å². The number of rotatable bonds is 0. The van der Waals surface area contributed by atoms with Crippen molar-refractivity contribution in [2.45, 2.75) is 12.2 Å². The van der Waals surface area contributed by atoms with Crippen molar-refractivity contribution < 1.29 is 4.74 Å². The van der Waals surface area contributed by atoms with Crippen molar-refractivity contribution in [2.24, 2.45) is 0 Å². The summed E-state index contributed by atoms with van der Waals surface area (Å²) in [5.74, 6) is 0. The Balaban J connectivity index is 2.19. The molecule has 0 radical (unpaired) electrons. The van der Waals surface area contributed by atoms with E-state index in [1.54, 1.807) is 0 Å². The van der Waals surface area contributed by atoms with Crippen molar-refractivity contribution >= 4 is 27.6 Å². The minimum atomic E-state index is 0.317. The Morgan fingerprint density at radius 3 is 2.53 bits per heavy atom. The fourth-order valence-corrected chi connectivity index (χ4v) is 3.19. The maximum Gasteiger partial charge on any atom is 0.114 e. The van der Waals surface area contributed by atoms with E-state index in [1.165, 1.54) is 32.3 Å². The highest BCUT2D eigenvalue weighted by atomic mass is 16.6. The predicted octanol–water partition coefficient (Wildman–Crippen LogP) is 2.95. The average Bonchev–Trinajstić information content (AvgIpc) is 3.14. The molecule has 1 heterocycles. The summed E-state index contributed by atoms with van der Waals surface area (Å²) in [6.07, 6.45) is 2.90. The monoisotopic (exact) mass is 218 g/mol. The van der Waals surface area contributed by atoms with E-state index in [1.807, 2.05) is 0 Å². The van der Waals surface area contributed by atoms with Crippen LogP contribution in [0.2, 0.25) is 0 Å². The zero-order chi connectivity index (χ0) is 11.0. The topological polar surface area (TPSA) is 12.5 Å². The third-order valence-electron chi connectivity index (χ3n) is 4.02. The highest BCUT2D eigenvalue weighted by Gasteiger charge is 2.41.